The van der Waals surface area contributed by atoms with Crippen LogP contribution in [0.2, 0.25) is 0 Å². The van der Waals surface area contributed by atoms with Crippen molar-refractivity contribution >= 4 is 5.78 Å². The molecule has 0 saturated carbocycles. The average Bonchev–Trinajstić information content (AvgIpc) is 2.80. The van der Waals surface area contributed by atoms with E-state index in [1.54, 1.807) is 6.26 Å². The minimum atomic E-state index is -0.341. The lowest BCUT2D eigenvalue weighted by atomic mass is 9.86. The zero-order valence-corrected chi connectivity index (χ0v) is 10.4. The summed E-state index contributed by atoms with van der Waals surface area (Å²) in [7, 11) is 0. The van der Waals surface area contributed by atoms with Gasteiger partial charge in [0.15, 0.2) is 5.78 Å². The second kappa shape index (κ2) is 4.21. The van der Waals surface area contributed by atoms with E-state index in [0.29, 0.717) is 0 Å². The fourth-order valence-corrected chi connectivity index (χ4v) is 1.66. The highest BCUT2D eigenvalue weighted by atomic mass is 16.3. The third-order valence-electron chi connectivity index (χ3n) is 2.63. The van der Waals surface area contributed by atoms with Crippen molar-refractivity contribution in [3.05, 3.63) is 48.2 Å². The van der Waals surface area contributed by atoms with Gasteiger partial charge in [0.2, 0.25) is 0 Å². The van der Waals surface area contributed by atoms with Crippen LogP contribution < -0.4 is 0 Å². The molecule has 1 aromatic heterocycles. The first-order valence-electron chi connectivity index (χ1n) is 5.67. The highest BCUT2D eigenvalue weighted by molar-refractivity contribution is 6.00. The van der Waals surface area contributed by atoms with Gasteiger partial charge in [-0.15, -0.1) is 0 Å². The molecule has 2 aromatic rings. The molecule has 0 aliphatic heterocycles. The van der Waals surface area contributed by atoms with Crippen LogP contribution >= 0.6 is 0 Å². The molecule has 0 saturated heterocycles. The van der Waals surface area contributed by atoms with E-state index in [1.165, 1.54) is 0 Å². The summed E-state index contributed by atoms with van der Waals surface area (Å²) in [5, 5.41) is 0. The predicted octanol–water partition coefficient (Wildman–Crippen LogP) is 4.18. The highest BCUT2D eigenvalue weighted by Gasteiger charge is 2.22. The van der Waals surface area contributed by atoms with Gasteiger partial charge < -0.3 is 4.42 Å². The predicted molar refractivity (Wildman–Crippen MR) is 67.9 cm³/mol. The Balaban J connectivity index is 2.28. The van der Waals surface area contributed by atoms with Gasteiger partial charge >= 0.3 is 0 Å². The maximum atomic E-state index is 12.0. The number of benzene rings is 1. The number of rotatable bonds is 2. The molecule has 0 bridgehead atoms. The zero-order valence-electron chi connectivity index (χ0n) is 10.4. The van der Waals surface area contributed by atoms with E-state index < -0.39 is 0 Å². The van der Waals surface area contributed by atoms with Crippen LogP contribution in [0.3, 0.4) is 0 Å². The van der Waals surface area contributed by atoms with Crippen molar-refractivity contribution in [2.24, 2.45) is 5.41 Å². The molecule has 0 radical (unpaired) electrons. The number of hydrogen-bond acceptors (Lipinski definition) is 2. The minimum absolute atomic E-state index is 0.156. The first-order chi connectivity index (χ1) is 7.98. The van der Waals surface area contributed by atoms with E-state index in [-0.39, 0.29) is 11.2 Å². The largest absolute Gasteiger partial charge is 0.464 e. The first kappa shape index (κ1) is 11.6. The van der Waals surface area contributed by atoms with Gasteiger partial charge in [0.25, 0.3) is 0 Å². The normalized spacial score (nSPS) is 11.5. The summed E-state index contributed by atoms with van der Waals surface area (Å²) in [6.07, 6.45) is 1.64. The third kappa shape index (κ3) is 2.47. The van der Waals surface area contributed by atoms with Crippen molar-refractivity contribution in [2.75, 3.05) is 0 Å². The highest BCUT2D eigenvalue weighted by Crippen LogP contribution is 2.24. The molecule has 0 unspecified atom stereocenters. The molecule has 0 spiro atoms. The lowest BCUT2D eigenvalue weighted by molar-refractivity contribution is 0.0858. The summed E-state index contributed by atoms with van der Waals surface area (Å²) in [6, 6.07) is 11.3. The minimum Gasteiger partial charge on any atom is -0.464 e. The van der Waals surface area contributed by atoms with Crippen LogP contribution in [-0.2, 0) is 0 Å². The molecule has 1 heterocycles. The zero-order chi connectivity index (χ0) is 12.5. The maximum Gasteiger partial charge on any atom is 0.168 e. The molecule has 0 N–H and O–H groups in total. The van der Waals surface area contributed by atoms with Crippen LogP contribution in [0.1, 0.15) is 31.1 Å². The van der Waals surface area contributed by atoms with Crippen LogP contribution in [0, 0.1) is 5.41 Å². The molecule has 0 amide bonds. The van der Waals surface area contributed by atoms with E-state index in [2.05, 4.69) is 0 Å². The van der Waals surface area contributed by atoms with Crippen LogP contribution in [-0.4, -0.2) is 5.78 Å². The Labute approximate surface area is 101 Å². The van der Waals surface area contributed by atoms with Crippen LogP contribution in [0.15, 0.2) is 47.1 Å². The van der Waals surface area contributed by atoms with Gasteiger partial charge in [0.05, 0.1) is 6.26 Å². The quantitative estimate of drug-likeness (QED) is 0.722. The summed E-state index contributed by atoms with van der Waals surface area (Å²) in [5.41, 5.74) is 1.39. The lowest BCUT2D eigenvalue weighted by Gasteiger charge is -2.16. The Hall–Kier alpha value is -1.83. The van der Waals surface area contributed by atoms with Crippen molar-refractivity contribution in [3.63, 3.8) is 0 Å². The van der Waals surface area contributed by atoms with E-state index >= 15 is 0 Å². The second-order valence-electron chi connectivity index (χ2n) is 5.13. The van der Waals surface area contributed by atoms with Crippen LogP contribution in [0.25, 0.3) is 11.3 Å². The van der Waals surface area contributed by atoms with Gasteiger partial charge in [-0.2, -0.15) is 0 Å². The van der Waals surface area contributed by atoms with E-state index in [0.717, 1.165) is 16.9 Å². The van der Waals surface area contributed by atoms with Gasteiger partial charge in [-0.05, 0) is 12.1 Å². The number of Topliss-reactive ketones (excluding diaryl/α,β-unsaturated/α-hetero) is 1. The second-order valence-corrected chi connectivity index (χ2v) is 5.13. The van der Waals surface area contributed by atoms with Gasteiger partial charge in [0, 0.05) is 16.5 Å². The van der Waals surface area contributed by atoms with Crippen molar-refractivity contribution in [1.82, 2.24) is 0 Å². The summed E-state index contributed by atoms with van der Waals surface area (Å²) in [6.45, 7) is 5.78. The van der Waals surface area contributed by atoms with Crippen molar-refractivity contribution in [2.45, 2.75) is 20.8 Å². The average molecular weight is 228 g/mol. The molecule has 0 fully saturated rings. The fraction of sp³-hybridized carbons (Fsp3) is 0.267. The Kier molecular flexibility index (Phi) is 2.88. The molecule has 88 valence electrons. The third-order valence-corrected chi connectivity index (χ3v) is 2.63. The molecule has 0 aliphatic carbocycles. The Morgan fingerprint density at radius 1 is 1.06 bits per heavy atom. The monoisotopic (exact) mass is 228 g/mol. The molecule has 0 atom stereocenters. The molecule has 1 aromatic carbocycles. The molecule has 2 nitrogen and oxygen atoms in total. The number of carbonyl (C=O) groups excluding carboxylic acids is 1. The lowest BCUT2D eigenvalue weighted by Crippen LogP contribution is -2.19. The maximum absolute atomic E-state index is 12.0. The fourth-order valence-electron chi connectivity index (χ4n) is 1.66. The summed E-state index contributed by atoms with van der Waals surface area (Å²) in [4.78, 5) is 12.0. The van der Waals surface area contributed by atoms with Crippen molar-refractivity contribution < 1.29 is 9.21 Å². The standard InChI is InChI=1S/C15H16O2/c1-15(2,3)14(16)12-8-6-11(7-9-12)13-5-4-10-17-13/h4-10H,1-3H3. The van der Waals surface area contributed by atoms with E-state index in [4.69, 9.17) is 4.42 Å². The number of hydrogen-bond donors (Lipinski definition) is 0. The molecule has 2 heteroatoms. The summed E-state index contributed by atoms with van der Waals surface area (Å²) < 4.78 is 5.30. The Bertz CT molecular complexity index is 499. The number of carbonyl (C=O) groups is 1. The molecule has 2 rings (SSSR count). The number of furan rings is 1. The molecule has 17 heavy (non-hydrogen) atoms. The van der Waals surface area contributed by atoms with Crippen molar-refractivity contribution in [3.8, 4) is 11.3 Å². The van der Waals surface area contributed by atoms with Crippen LogP contribution in [0.4, 0.5) is 0 Å². The summed E-state index contributed by atoms with van der Waals surface area (Å²) in [5.74, 6) is 0.975. The van der Waals surface area contributed by atoms with E-state index in [1.807, 2.05) is 57.2 Å². The van der Waals surface area contributed by atoms with Gasteiger partial charge in [-0.1, -0.05) is 45.0 Å². The van der Waals surface area contributed by atoms with Gasteiger partial charge in [-0.25, -0.2) is 0 Å². The van der Waals surface area contributed by atoms with Gasteiger partial charge in [-0.3, -0.25) is 4.79 Å². The molecular weight excluding hydrogens is 212 g/mol. The topological polar surface area (TPSA) is 30.2 Å². The van der Waals surface area contributed by atoms with Gasteiger partial charge in [0.1, 0.15) is 5.76 Å². The Morgan fingerprint density at radius 2 is 1.71 bits per heavy atom. The first-order valence-corrected chi connectivity index (χ1v) is 5.67. The van der Waals surface area contributed by atoms with Crippen LogP contribution in [0.5, 0.6) is 0 Å². The number of ketones is 1. The van der Waals surface area contributed by atoms with E-state index in [9.17, 15) is 4.79 Å². The molecule has 0 aliphatic rings. The van der Waals surface area contributed by atoms with Crippen molar-refractivity contribution in [1.29, 1.82) is 0 Å². The smallest absolute Gasteiger partial charge is 0.168 e. The Morgan fingerprint density at radius 3 is 2.18 bits per heavy atom. The molecular formula is C15H16O2. The SMILES string of the molecule is CC(C)(C)C(=O)c1ccc(-c2ccco2)cc1. The summed E-state index contributed by atoms with van der Waals surface area (Å²) >= 11 is 0.